The van der Waals surface area contributed by atoms with Gasteiger partial charge >= 0.3 is 19.1 Å². The van der Waals surface area contributed by atoms with E-state index in [1.54, 1.807) is 0 Å². The summed E-state index contributed by atoms with van der Waals surface area (Å²) in [6, 6.07) is 0. The molecule has 2 aliphatic heterocycles. The van der Waals surface area contributed by atoms with Gasteiger partial charge in [-0.25, -0.2) is 19.2 Å². The monoisotopic (exact) mass is 630 g/mol. The number of ether oxygens (including phenoxy) is 2. The van der Waals surface area contributed by atoms with E-state index in [9.17, 15) is 34.0 Å². The number of H-pyrrole nitrogens is 2. The van der Waals surface area contributed by atoms with Crippen LogP contribution >= 0.6 is 7.75 Å². The van der Waals surface area contributed by atoms with Crippen molar-refractivity contribution in [2.75, 3.05) is 26.3 Å². The van der Waals surface area contributed by atoms with Crippen LogP contribution in [0.2, 0.25) is 0 Å². The van der Waals surface area contributed by atoms with Crippen LogP contribution in [0.1, 0.15) is 55.7 Å². The number of aromatic nitrogens is 4. The van der Waals surface area contributed by atoms with Crippen molar-refractivity contribution in [2.24, 2.45) is 5.73 Å². The molecule has 0 bridgehead atoms. The van der Waals surface area contributed by atoms with E-state index in [2.05, 4.69) is 15.1 Å². The second-order valence-corrected chi connectivity index (χ2v) is 12.4. The summed E-state index contributed by atoms with van der Waals surface area (Å²) in [6.07, 6.45) is -1.09. The van der Waals surface area contributed by atoms with Crippen LogP contribution < -0.4 is 33.3 Å². The average molecular weight is 631 g/mol. The van der Waals surface area contributed by atoms with Crippen molar-refractivity contribution in [2.45, 2.75) is 82.8 Å². The summed E-state index contributed by atoms with van der Waals surface area (Å²) in [6.45, 7) is 2.88. The number of aliphatic hydroxyl groups is 2. The molecule has 43 heavy (non-hydrogen) atoms. The van der Waals surface area contributed by atoms with Gasteiger partial charge < -0.3 is 25.4 Å². The molecule has 17 nitrogen and oxygen atoms in total. The summed E-state index contributed by atoms with van der Waals surface area (Å²) in [4.78, 5) is 52.6. The SMILES string of the molecule is Cc1cn([C@H]2C[C@H](O[P@](=O)(NCCCCCN)OC[C@H]3O[C@@H](n4cc(C)c(=O)[nH]c4=O)C[C@@H]3O)[C@@H](CO)O2)c(=O)[nH]c1=O. The molecule has 0 amide bonds. The van der Waals surface area contributed by atoms with Gasteiger partial charge in [-0.15, -0.1) is 0 Å². The highest BCUT2D eigenvalue weighted by Gasteiger charge is 2.43. The number of aliphatic hydroxyl groups excluding tert-OH is 2. The van der Waals surface area contributed by atoms with Gasteiger partial charge in [0.2, 0.25) is 0 Å². The van der Waals surface area contributed by atoms with Crippen LogP contribution in [0.25, 0.3) is 0 Å². The van der Waals surface area contributed by atoms with Gasteiger partial charge in [-0.2, -0.15) is 0 Å². The third-order valence-electron chi connectivity index (χ3n) is 7.35. The fraction of sp³-hybridized carbons (Fsp3) is 0.680. The zero-order valence-electron chi connectivity index (χ0n) is 24.0. The van der Waals surface area contributed by atoms with Gasteiger partial charge in [0.15, 0.2) is 0 Å². The summed E-state index contributed by atoms with van der Waals surface area (Å²) in [5, 5.41) is 23.4. The molecule has 0 radical (unpaired) electrons. The van der Waals surface area contributed by atoms with Gasteiger partial charge in [-0.1, -0.05) is 6.42 Å². The minimum Gasteiger partial charge on any atom is -0.394 e. The maximum absolute atomic E-state index is 14.0. The number of aromatic amines is 2. The minimum atomic E-state index is -4.13. The quantitative estimate of drug-likeness (QED) is 0.107. The Morgan fingerprint density at radius 3 is 2.14 bits per heavy atom. The number of nitrogens with two attached hydrogens (primary N) is 1. The number of nitrogens with one attached hydrogen (secondary N) is 3. The maximum atomic E-state index is 14.0. The number of rotatable bonds is 14. The molecule has 4 rings (SSSR count). The van der Waals surface area contributed by atoms with Crippen molar-refractivity contribution in [3.05, 3.63) is 65.2 Å². The van der Waals surface area contributed by atoms with Crippen LogP contribution in [0.3, 0.4) is 0 Å². The first-order valence-corrected chi connectivity index (χ1v) is 15.6. The predicted octanol–water partition coefficient (Wildman–Crippen LogP) is -1.14. The van der Waals surface area contributed by atoms with Gasteiger partial charge in [0.05, 0.1) is 19.3 Å². The average Bonchev–Trinajstić information content (AvgIpc) is 3.53. The molecular weight excluding hydrogens is 591 g/mol. The fourth-order valence-corrected chi connectivity index (χ4v) is 6.49. The van der Waals surface area contributed by atoms with Crippen LogP contribution in [0.5, 0.6) is 0 Å². The third kappa shape index (κ3) is 8.06. The summed E-state index contributed by atoms with van der Waals surface area (Å²) >= 11 is 0. The Labute approximate surface area is 245 Å². The Morgan fingerprint density at radius 2 is 1.56 bits per heavy atom. The Bertz CT molecular complexity index is 1540. The van der Waals surface area contributed by atoms with Crippen molar-refractivity contribution in [3.8, 4) is 0 Å². The molecule has 0 unspecified atom stereocenters. The van der Waals surface area contributed by atoms with E-state index in [1.807, 2.05) is 0 Å². The lowest BCUT2D eigenvalue weighted by Crippen LogP contribution is -2.34. The molecule has 2 fully saturated rings. The summed E-state index contributed by atoms with van der Waals surface area (Å²) in [5.74, 6) is 0. The van der Waals surface area contributed by atoms with Crippen LogP contribution in [-0.2, 0) is 23.1 Å². The summed E-state index contributed by atoms with van der Waals surface area (Å²) in [5.41, 5.74) is 3.62. The predicted molar refractivity (Wildman–Crippen MR) is 152 cm³/mol. The smallest absolute Gasteiger partial charge is 0.394 e. The molecular formula is C25H39N6O11P. The lowest BCUT2D eigenvalue weighted by atomic mass is 10.2. The maximum Gasteiger partial charge on any atom is 0.405 e. The van der Waals surface area contributed by atoms with Gasteiger partial charge in [-0.05, 0) is 33.2 Å². The van der Waals surface area contributed by atoms with Gasteiger partial charge in [0.25, 0.3) is 11.1 Å². The molecule has 2 aliphatic rings. The van der Waals surface area contributed by atoms with Crippen molar-refractivity contribution < 1.29 is 33.3 Å². The molecule has 0 aromatic carbocycles. The van der Waals surface area contributed by atoms with Gasteiger partial charge in [0.1, 0.15) is 30.8 Å². The molecule has 2 saturated heterocycles. The Kier molecular flexibility index (Phi) is 11.1. The Morgan fingerprint density at radius 1 is 0.977 bits per heavy atom. The van der Waals surface area contributed by atoms with E-state index in [-0.39, 0.29) is 37.1 Å². The van der Waals surface area contributed by atoms with Crippen molar-refractivity contribution >= 4 is 7.75 Å². The van der Waals surface area contributed by atoms with E-state index < -0.39 is 73.7 Å². The number of unbranched alkanes of at least 4 members (excludes halogenated alkanes) is 2. The molecule has 2 aromatic rings. The highest BCUT2D eigenvalue weighted by atomic mass is 31.2. The first kappa shape index (κ1) is 33.2. The topological polar surface area (TPSA) is 242 Å². The highest BCUT2D eigenvalue weighted by Crippen LogP contribution is 2.49. The zero-order chi connectivity index (χ0) is 31.3. The molecule has 0 spiro atoms. The van der Waals surface area contributed by atoms with Gasteiger partial charge in [0, 0.05) is 42.9 Å². The van der Waals surface area contributed by atoms with E-state index in [1.165, 1.54) is 26.2 Å². The Balaban J connectivity index is 1.47. The van der Waals surface area contributed by atoms with Crippen LogP contribution in [0, 0.1) is 13.8 Å². The van der Waals surface area contributed by atoms with Crippen molar-refractivity contribution in [1.82, 2.24) is 24.2 Å². The summed E-state index contributed by atoms with van der Waals surface area (Å²) < 4.78 is 39.5. The lowest BCUT2D eigenvalue weighted by molar-refractivity contribution is -0.0533. The van der Waals surface area contributed by atoms with Crippen molar-refractivity contribution in [3.63, 3.8) is 0 Å². The van der Waals surface area contributed by atoms with E-state index >= 15 is 0 Å². The van der Waals surface area contributed by atoms with Gasteiger partial charge in [-0.3, -0.25) is 37.7 Å². The van der Waals surface area contributed by atoms with E-state index in [4.69, 9.17) is 24.3 Å². The molecule has 240 valence electrons. The van der Waals surface area contributed by atoms with Crippen molar-refractivity contribution in [1.29, 1.82) is 0 Å². The normalized spacial score (nSPS) is 27.0. The number of nitrogens with zero attached hydrogens (tertiary/aromatic N) is 2. The first-order valence-electron chi connectivity index (χ1n) is 14.1. The summed E-state index contributed by atoms with van der Waals surface area (Å²) in [7, 11) is -4.13. The second-order valence-electron chi connectivity index (χ2n) is 10.6. The van der Waals surface area contributed by atoms with Crippen LogP contribution in [0.4, 0.5) is 0 Å². The van der Waals surface area contributed by atoms with E-state index in [0.29, 0.717) is 13.0 Å². The largest absolute Gasteiger partial charge is 0.405 e. The molecule has 7 N–H and O–H groups in total. The number of hydrogen-bond donors (Lipinski definition) is 6. The molecule has 2 aromatic heterocycles. The van der Waals surface area contributed by atoms with E-state index in [0.717, 1.165) is 22.0 Å². The molecule has 7 atom stereocenters. The highest BCUT2D eigenvalue weighted by molar-refractivity contribution is 7.51. The molecule has 18 heteroatoms. The Hall–Kier alpha value is -2.73. The first-order chi connectivity index (χ1) is 20.4. The fourth-order valence-electron chi connectivity index (χ4n) is 4.91. The second kappa shape index (κ2) is 14.4. The number of aryl methyl sites for hydroxylation is 2. The zero-order valence-corrected chi connectivity index (χ0v) is 24.9. The minimum absolute atomic E-state index is 0.00206. The third-order valence-corrected chi connectivity index (χ3v) is 8.99. The molecule has 4 heterocycles. The molecule has 0 aliphatic carbocycles. The van der Waals surface area contributed by atoms with Crippen LogP contribution in [0.15, 0.2) is 31.6 Å². The number of hydrogen-bond acceptors (Lipinski definition) is 12. The standard InChI is InChI=1S/C25H39N6O11P/c1-14-10-30(24(36)28-22(14)34)20-8-16(33)19(41-20)13-39-43(38,27-7-5-3-4-6-26)42-17-9-21(40-18(17)12-32)31-11-15(2)23(35)29-25(31)37/h10-11,16-21,32-33H,3-9,12-13,26H2,1-2H3,(H,27,38)(H,28,34,36)(H,29,35,37)/t16-,17-,18+,19+,20+,21+,43-/m0/s1. The van der Waals surface area contributed by atoms with Crippen LogP contribution in [-0.4, -0.2) is 80.0 Å². The lowest BCUT2D eigenvalue weighted by Gasteiger charge is -2.26. The molecule has 0 saturated carbocycles.